The molecule has 0 spiro atoms. The van der Waals surface area contributed by atoms with Crippen LogP contribution in [0.1, 0.15) is 17.3 Å². The molecule has 2 aromatic rings. The van der Waals surface area contributed by atoms with Gasteiger partial charge >= 0.3 is 5.97 Å². The highest BCUT2D eigenvalue weighted by atomic mass is 35.5. The molecule has 0 amide bonds. The summed E-state index contributed by atoms with van der Waals surface area (Å²) in [5.74, 6) is -0.343. The van der Waals surface area contributed by atoms with Crippen LogP contribution in [0.2, 0.25) is 5.15 Å². The van der Waals surface area contributed by atoms with Crippen LogP contribution < -0.4 is 0 Å². The Bertz CT molecular complexity index is 507. The summed E-state index contributed by atoms with van der Waals surface area (Å²) in [7, 11) is 0. The van der Waals surface area contributed by atoms with E-state index in [0.29, 0.717) is 23.0 Å². The summed E-state index contributed by atoms with van der Waals surface area (Å²) in [5.41, 5.74) is 1.19. The molecule has 0 saturated heterocycles. The van der Waals surface area contributed by atoms with Crippen LogP contribution in [0.25, 0.3) is 5.65 Å². The van der Waals surface area contributed by atoms with E-state index in [1.165, 1.54) is 0 Å². The van der Waals surface area contributed by atoms with E-state index in [0.717, 1.165) is 0 Å². The lowest BCUT2D eigenvalue weighted by molar-refractivity contribution is 0.0526. The number of carbonyl (C=O) groups is 1. The topological polar surface area (TPSA) is 43.6 Å². The van der Waals surface area contributed by atoms with Gasteiger partial charge < -0.3 is 9.14 Å². The first kappa shape index (κ1) is 9.98. The number of rotatable bonds is 2. The zero-order valence-corrected chi connectivity index (χ0v) is 8.86. The van der Waals surface area contributed by atoms with Gasteiger partial charge in [0.15, 0.2) is 0 Å². The molecule has 0 N–H and O–H groups in total. The molecule has 0 saturated carbocycles. The molecule has 0 aliphatic carbocycles. The normalized spacial score (nSPS) is 10.5. The van der Waals surface area contributed by atoms with Crippen LogP contribution in [-0.4, -0.2) is 22.0 Å². The fraction of sp³-hybridized carbons (Fsp3) is 0.200. The van der Waals surface area contributed by atoms with Gasteiger partial charge in [0, 0.05) is 12.4 Å². The molecule has 5 heteroatoms. The molecule has 0 aliphatic heterocycles. The van der Waals surface area contributed by atoms with Crippen LogP contribution in [0.4, 0.5) is 0 Å². The number of aromatic nitrogens is 2. The molecule has 2 heterocycles. The number of hydrogen-bond acceptors (Lipinski definition) is 3. The molecule has 2 rings (SSSR count). The molecule has 15 heavy (non-hydrogen) atoms. The van der Waals surface area contributed by atoms with Crippen molar-refractivity contribution < 1.29 is 9.53 Å². The quantitative estimate of drug-likeness (QED) is 0.735. The lowest BCUT2D eigenvalue weighted by Crippen LogP contribution is -2.05. The Morgan fingerprint density at radius 1 is 1.53 bits per heavy atom. The fourth-order valence-corrected chi connectivity index (χ4v) is 1.49. The van der Waals surface area contributed by atoms with E-state index < -0.39 is 0 Å². The Morgan fingerprint density at radius 3 is 3.07 bits per heavy atom. The smallest absolute Gasteiger partial charge is 0.339 e. The van der Waals surface area contributed by atoms with Gasteiger partial charge in [-0.3, -0.25) is 0 Å². The second kappa shape index (κ2) is 3.90. The number of nitrogens with zero attached hydrogens (tertiary/aromatic N) is 2. The predicted octanol–water partition coefficient (Wildman–Crippen LogP) is 2.16. The molecular weight excluding hydrogens is 216 g/mol. The van der Waals surface area contributed by atoms with Crippen molar-refractivity contribution in [3.63, 3.8) is 0 Å². The summed E-state index contributed by atoms with van der Waals surface area (Å²) >= 11 is 5.73. The van der Waals surface area contributed by atoms with E-state index in [1.807, 2.05) is 0 Å². The highest BCUT2D eigenvalue weighted by Gasteiger charge is 2.07. The van der Waals surface area contributed by atoms with Crippen molar-refractivity contribution >= 4 is 23.2 Å². The van der Waals surface area contributed by atoms with E-state index >= 15 is 0 Å². The number of esters is 1. The van der Waals surface area contributed by atoms with Crippen LogP contribution in [0.5, 0.6) is 0 Å². The maximum Gasteiger partial charge on any atom is 0.339 e. The van der Waals surface area contributed by atoms with Crippen molar-refractivity contribution in [1.29, 1.82) is 0 Å². The Hall–Kier alpha value is -1.55. The van der Waals surface area contributed by atoms with E-state index in [2.05, 4.69) is 4.98 Å². The van der Waals surface area contributed by atoms with E-state index in [-0.39, 0.29) is 5.97 Å². The van der Waals surface area contributed by atoms with Gasteiger partial charge in [-0.2, -0.15) is 0 Å². The molecular formula is C10H9ClN2O2. The zero-order valence-electron chi connectivity index (χ0n) is 8.11. The number of imidazole rings is 1. The van der Waals surface area contributed by atoms with Crippen LogP contribution in [0.15, 0.2) is 24.5 Å². The van der Waals surface area contributed by atoms with Gasteiger partial charge in [0.05, 0.1) is 12.2 Å². The van der Waals surface area contributed by atoms with Gasteiger partial charge in [0.2, 0.25) is 0 Å². The minimum atomic E-state index is -0.343. The molecule has 4 nitrogen and oxygen atoms in total. The SMILES string of the molecule is CCOC(=O)c1ccc2nc(Cl)cn2c1. The van der Waals surface area contributed by atoms with Gasteiger partial charge in [0.1, 0.15) is 10.8 Å². The monoisotopic (exact) mass is 224 g/mol. The third kappa shape index (κ3) is 1.94. The fourth-order valence-electron chi connectivity index (χ4n) is 1.30. The first-order valence-corrected chi connectivity index (χ1v) is 4.90. The first-order chi connectivity index (χ1) is 7.20. The average molecular weight is 225 g/mol. The zero-order chi connectivity index (χ0) is 10.8. The molecule has 0 radical (unpaired) electrons. The van der Waals surface area contributed by atoms with Crippen LogP contribution in [-0.2, 0) is 4.74 Å². The number of hydrogen-bond donors (Lipinski definition) is 0. The third-order valence-corrected chi connectivity index (χ3v) is 2.11. The number of carbonyl (C=O) groups excluding carboxylic acids is 1. The van der Waals surface area contributed by atoms with Crippen LogP contribution in [0, 0.1) is 0 Å². The maximum absolute atomic E-state index is 11.4. The number of pyridine rings is 1. The molecule has 0 unspecified atom stereocenters. The summed E-state index contributed by atoms with van der Waals surface area (Å²) in [6.45, 7) is 2.13. The highest BCUT2D eigenvalue weighted by molar-refractivity contribution is 6.29. The van der Waals surface area contributed by atoms with Gasteiger partial charge in [-0.1, -0.05) is 11.6 Å². The van der Waals surface area contributed by atoms with E-state index in [1.54, 1.807) is 35.9 Å². The van der Waals surface area contributed by atoms with Gasteiger partial charge in [-0.25, -0.2) is 9.78 Å². The Balaban J connectivity index is 2.41. The maximum atomic E-state index is 11.4. The molecule has 0 atom stereocenters. The molecule has 0 bridgehead atoms. The summed E-state index contributed by atoms with van der Waals surface area (Å²) in [4.78, 5) is 15.4. The van der Waals surface area contributed by atoms with Crippen molar-refractivity contribution in [2.75, 3.05) is 6.61 Å². The van der Waals surface area contributed by atoms with E-state index in [4.69, 9.17) is 16.3 Å². The number of fused-ring (bicyclic) bond motifs is 1. The van der Waals surface area contributed by atoms with Crippen molar-refractivity contribution in [1.82, 2.24) is 9.38 Å². The molecule has 0 aromatic carbocycles. The summed E-state index contributed by atoms with van der Waals surface area (Å²) in [6.07, 6.45) is 3.28. The average Bonchev–Trinajstić information content (AvgIpc) is 2.57. The highest BCUT2D eigenvalue weighted by Crippen LogP contribution is 2.11. The van der Waals surface area contributed by atoms with Crippen molar-refractivity contribution in [2.24, 2.45) is 0 Å². The van der Waals surface area contributed by atoms with E-state index in [9.17, 15) is 4.79 Å². The minimum absolute atomic E-state index is 0.343. The largest absolute Gasteiger partial charge is 0.462 e. The molecule has 78 valence electrons. The number of ether oxygens (including phenoxy) is 1. The third-order valence-electron chi connectivity index (χ3n) is 1.93. The Morgan fingerprint density at radius 2 is 2.33 bits per heavy atom. The van der Waals surface area contributed by atoms with Crippen molar-refractivity contribution in [2.45, 2.75) is 6.92 Å². The van der Waals surface area contributed by atoms with Crippen molar-refractivity contribution in [3.8, 4) is 0 Å². The minimum Gasteiger partial charge on any atom is -0.462 e. The Labute approximate surface area is 91.4 Å². The lowest BCUT2D eigenvalue weighted by Gasteiger charge is -2.01. The summed E-state index contributed by atoms with van der Waals surface area (Å²) in [6, 6.07) is 3.38. The molecule has 0 aliphatic rings. The first-order valence-electron chi connectivity index (χ1n) is 4.52. The summed E-state index contributed by atoms with van der Waals surface area (Å²) in [5, 5.41) is 0.399. The second-order valence-corrected chi connectivity index (χ2v) is 3.35. The molecule has 2 aromatic heterocycles. The van der Waals surface area contributed by atoms with Gasteiger partial charge in [-0.15, -0.1) is 0 Å². The molecule has 0 fully saturated rings. The van der Waals surface area contributed by atoms with Gasteiger partial charge in [0.25, 0.3) is 0 Å². The summed E-state index contributed by atoms with van der Waals surface area (Å²) < 4.78 is 6.57. The lowest BCUT2D eigenvalue weighted by atomic mass is 10.3. The second-order valence-electron chi connectivity index (χ2n) is 2.97. The standard InChI is InChI=1S/C10H9ClN2O2/c1-2-15-10(14)7-3-4-9-12-8(11)6-13(9)5-7/h3-6H,2H2,1H3. The predicted molar refractivity (Wildman–Crippen MR) is 56.2 cm³/mol. The van der Waals surface area contributed by atoms with Gasteiger partial charge in [-0.05, 0) is 19.1 Å². The van der Waals surface area contributed by atoms with Crippen molar-refractivity contribution in [3.05, 3.63) is 35.2 Å². The Kier molecular flexibility index (Phi) is 2.60. The van der Waals surface area contributed by atoms with Crippen LogP contribution in [0.3, 0.4) is 0 Å². The number of halogens is 1. The van der Waals surface area contributed by atoms with Crippen LogP contribution >= 0.6 is 11.6 Å².